The highest BCUT2D eigenvalue weighted by Gasteiger charge is 2.35. The van der Waals surface area contributed by atoms with E-state index in [1.807, 2.05) is 38.1 Å². The van der Waals surface area contributed by atoms with Crippen LogP contribution in [0.2, 0.25) is 0 Å². The van der Waals surface area contributed by atoms with E-state index in [0.717, 1.165) is 0 Å². The molecule has 1 N–H and O–H groups in total. The van der Waals surface area contributed by atoms with E-state index in [9.17, 15) is 14.7 Å². The molecule has 0 saturated heterocycles. The number of methoxy groups -OCH3 is 1. The van der Waals surface area contributed by atoms with Gasteiger partial charge in [-0.25, -0.2) is 9.79 Å². The van der Waals surface area contributed by atoms with E-state index in [-0.39, 0.29) is 35.3 Å². The number of thiazole rings is 1. The number of hydrogen-bond acceptors (Lipinski definition) is 8. The van der Waals surface area contributed by atoms with Gasteiger partial charge >= 0.3 is 5.97 Å². The number of allylic oxidation sites excluding steroid dienone is 1. The normalized spacial score (nSPS) is 15.4. The van der Waals surface area contributed by atoms with Gasteiger partial charge < -0.3 is 19.3 Å². The monoisotopic (exact) mass is 586 g/mol. The largest absolute Gasteiger partial charge is 0.504 e. The van der Waals surface area contributed by atoms with Gasteiger partial charge in [0.1, 0.15) is 11.8 Å². The van der Waals surface area contributed by atoms with Crippen molar-refractivity contribution >= 4 is 39.3 Å². The van der Waals surface area contributed by atoms with Crippen LogP contribution >= 0.6 is 27.3 Å². The van der Waals surface area contributed by atoms with Gasteiger partial charge in [0.05, 0.1) is 35.6 Å². The molecule has 0 saturated carbocycles. The summed E-state index contributed by atoms with van der Waals surface area (Å²) < 4.78 is 19.2. The SMILES string of the molecule is CCOC(=O)C1=C(C)N=c2s/c(=C/c3cc(Br)cc(OC)c3O)c(=O)n2[C@H]1c1ccccc1OC(C)C. The third-order valence-corrected chi connectivity index (χ3v) is 7.11. The zero-order chi connectivity index (χ0) is 26.9. The highest BCUT2D eigenvalue weighted by molar-refractivity contribution is 9.10. The van der Waals surface area contributed by atoms with Crippen LogP contribution in [0.3, 0.4) is 0 Å². The first-order chi connectivity index (χ1) is 17.7. The number of carbonyl (C=O) groups is 1. The van der Waals surface area contributed by atoms with E-state index in [4.69, 9.17) is 14.2 Å². The Morgan fingerprint density at radius 2 is 2.00 bits per heavy atom. The van der Waals surface area contributed by atoms with Gasteiger partial charge in [0.25, 0.3) is 5.56 Å². The number of halogens is 1. The maximum Gasteiger partial charge on any atom is 0.338 e. The van der Waals surface area contributed by atoms with E-state index in [1.165, 1.54) is 23.0 Å². The van der Waals surface area contributed by atoms with Gasteiger partial charge in [-0.05, 0) is 52.0 Å². The number of hydrogen-bond donors (Lipinski definition) is 1. The lowest BCUT2D eigenvalue weighted by Crippen LogP contribution is -2.40. The molecule has 0 radical (unpaired) electrons. The first-order valence-electron chi connectivity index (χ1n) is 11.7. The van der Waals surface area contributed by atoms with Crippen LogP contribution in [0, 0.1) is 0 Å². The summed E-state index contributed by atoms with van der Waals surface area (Å²) in [5, 5.41) is 10.6. The maximum absolute atomic E-state index is 13.9. The molecule has 1 aromatic heterocycles. The van der Waals surface area contributed by atoms with Crippen molar-refractivity contribution in [3.63, 3.8) is 0 Å². The molecule has 0 amide bonds. The number of para-hydroxylation sites is 1. The molecule has 1 aliphatic rings. The molecule has 0 aliphatic carbocycles. The van der Waals surface area contributed by atoms with Crippen LogP contribution in [0.15, 0.2) is 61.9 Å². The standard InChI is InChI=1S/C27H27BrN2O6S/c1-6-35-26(33)22-15(4)29-27-30(23(22)18-9-7-8-10-19(18)36-14(2)3)25(32)21(37-27)12-16-11-17(28)13-20(34-5)24(16)31/h7-14,23,31H,6H2,1-5H3/b21-12+/t23-/m0/s1. The van der Waals surface area contributed by atoms with Crippen LogP contribution in [-0.4, -0.2) is 35.5 Å². The molecule has 2 aromatic carbocycles. The summed E-state index contributed by atoms with van der Waals surface area (Å²) in [6, 6.07) is 9.84. The van der Waals surface area contributed by atoms with Gasteiger partial charge in [0, 0.05) is 15.6 Å². The van der Waals surface area contributed by atoms with Crippen molar-refractivity contribution in [2.75, 3.05) is 13.7 Å². The minimum Gasteiger partial charge on any atom is -0.504 e. The van der Waals surface area contributed by atoms with Crippen molar-refractivity contribution in [3.05, 3.63) is 83.0 Å². The fourth-order valence-corrected chi connectivity index (χ4v) is 5.65. The van der Waals surface area contributed by atoms with E-state index in [0.29, 0.717) is 36.4 Å². The van der Waals surface area contributed by atoms with Gasteiger partial charge in [0.15, 0.2) is 16.3 Å². The minimum atomic E-state index is -0.807. The Morgan fingerprint density at radius 1 is 1.27 bits per heavy atom. The van der Waals surface area contributed by atoms with Gasteiger partial charge in [-0.1, -0.05) is 45.5 Å². The van der Waals surface area contributed by atoms with Crippen LogP contribution < -0.4 is 24.4 Å². The van der Waals surface area contributed by atoms with Crippen LogP contribution in [0.25, 0.3) is 6.08 Å². The van der Waals surface area contributed by atoms with Gasteiger partial charge in [-0.3, -0.25) is 9.36 Å². The summed E-state index contributed by atoms with van der Waals surface area (Å²) in [5.41, 5.74) is 1.42. The van der Waals surface area contributed by atoms with Gasteiger partial charge in [0.2, 0.25) is 0 Å². The number of rotatable bonds is 7. The molecule has 3 aromatic rings. The Bertz CT molecular complexity index is 1570. The molecule has 1 atom stereocenters. The molecule has 194 valence electrons. The van der Waals surface area contributed by atoms with E-state index >= 15 is 0 Å². The van der Waals surface area contributed by atoms with Crippen LogP contribution in [-0.2, 0) is 9.53 Å². The molecular weight excluding hydrogens is 560 g/mol. The van der Waals surface area contributed by atoms with Crippen LogP contribution in [0.5, 0.6) is 17.2 Å². The zero-order valence-corrected chi connectivity index (χ0v) is 23.5. The molecule has 0 unspecified atom stereocenters. The number of carbonyl (C=O) groups excluding carboxylic acids is 1. The number of phenolic OH excluding ortho intramolecular Hbond substituents is 1. The summed E-state index contributed by atoms with van der Waals surface area (Å²) in [7, 11) is 1.45. The first kappa shape index (κ1) is 26.7. The average molecular weight is 587 g/mol. The Balaban J connectivity index is 2.00. The second-order valence-corrected chi connectivity index (χ2v) is 10.5. The molecule has 10 heteroatoms. The number of aromatic nitrogens is 1. The summed E-state index contributed by atoms with van der Waals surface area (Å²) in [5.74, 6) is 0.193. The predicted octanol–water partition coefficient (Wildman–Crippen LogP) is 4.06. The smallest absolute Gasteiger partial charge is 0.338 e. The minimum absolute atomic E-state index is 0.0906. The van der Waals surface area contributed by atoms with Gasteiger partial charge in [-0.15, -0.1) is 0 Å². The Hall–Kier alpha value is -3.37. The van der Waals surface area contributed by atoms with Crippen LogP contribution in [0.1, 0.15) is 44.9 Å². The van der Waals surface area contributed by atoms with Crippen molar-refractivity contribution in [2.45, 2.75) is 39.8 Å². The quantitative estimate of drug-likeness (QED) is 0.419. The second-order valence-electron chi connectivity index (χ2n) is 8.55. The number of ether oxygens (including phenoxy) is 3. The molecule has 4 rings (SSSR count). The van der Waals surface area contributed by atoms with Gasteiger partial charge in [-0.2, -0.15) is 0 Å². The van der Waals surface area contributed by atoms with E-state index in [2.05, 4.69) is 20.9 Å². The van der Waals surface area contributed by atoms with Crippen molar-refractivity contribution < 1.29 is 24.1 Å². The number of benzene rings is 2. The fourth-order valence-electron chi connectivity index (χ4n) is 4.15. The zero-order valence-electron chi connectivity index (χ0n) is 21.1. The topological polar surface area (TPSA) is 99.4 Å². The molecular formula is C27H27BrN2O6S. The summed E-state index contributed by atoms with van der Waals surface area (Å²) in [6.45, 7) is 7.46. The average Bonchev–Trinajstić information content (AvgIpc) is 3.14. The summed E-state index contributed by atoms with van der Waals surface area (Å²) >= 11 is 4.58. The predicted molar refractivity (Wildman–Crippen MR) is 145 cm³/mol. The Kier molecular flexibility index (Phi) is 7.89. The van der Waals surface area contributed by atoms with Crippen molar-refractivity contribution in [1.82, 2.24) is 4.57 Å². The Labute approximate surface area is 226 Å². The molecule has 0 bridgehead atoms. The van der Waals surface area contributed by atoms with Crippen molar-refractivity contribution in [2.24, 2.45) is 4.99 Å². The number of fused-ring (bicyclic) bond motifs is 1. The number of phenols is 1. The maximum atomic E-state index is 13.9. The van der Waals surface area contributed by atoms with Crippen molar-refractivity contribution in [1.29, 1.82) is 0 Å². The molecule has 8 nitrogen and oxygen atoms in total. The molecule has 1 aliphatic heterocycles. The second kappa shape index (κ2) is 10.9. The van der Waals surface area contributed by atoms with E-state index in [1.54, 1.807) is 32.1 Å². The third kappa shape index (κ3) is 5.21. The molecule has 2 heterocycles. The number of nitrogens with zero attached hydrogens (tertiary/aromatic N) is 2. The lowest BCUT2D eigenvalue weighted by Gasteiger charge is -2.26. The molecule has 0 fully saturated rings. The highest BCUT2D eigenvalue weighted by atomic mass is 79.9. The lowest BCUT2D eigenvalue weighted by molar-refractivity contribution is -0.139. The number of aromatic hydroxyl groups is 1. The number of esters is 1. The Morgan fingerprint density at radius 3 is 2.68 bits per heavy atom. The molecule has 37 heavy (non-hydrogen) atoms. The van der Waals surface area contributed by atoms with Crippen LogP contribution in [0.4, 0.5) is 0 Å². The first-order valence-corrected chi connectivity index (χ1v) is 13.3. The highest BCUT2D eigenvalue weighted by Crippen LogP contribution is 2.37. The summed E-state index contributed by atoms with van der Waals surface area (Å²) in [6.07, 6.45) is 1.46. The third-order valence-electron chi connectivity index (χ3n) is 5.67. The lowest BCUT2D eigenvalue weighted by atomic mass is 9.95. The van der Waals surface area contributed by atoms with Crippen molar-refractivity contribution in [3.8, 4) is 17.2 Å². The fraction of sp³-hybridized carbons (Fsp3) is 0.296. The summed E-state index contributed by atoms with van der Waals surface area (Å²) in [4.78, 5) is 32.0. The van der Waals surface area contributed by atoms with E-state index < -0.39 is 12.0 Å². The molecule has 0 spiro atoms.